The van der Waals surface area contributed by atoms with Crippen LogP contribution >= 0.6 is 14.5 Å². The number of aliphatic hydroxyl groups is 2. The van der Waals surface area contributed by atoms with E-state index < -0.39 is 14.5 Å². The van der Waals surface area contributed by atoms with Crippen LogP contribution in [0, 0.1) is 0 Å². The number of hydrogen-bond donors (Lipinski definition) is 2. The summed E-state index contributed by atoms with van der Waals surface area (Å²) >= 11 is 0. The van der Waals surface area contributed by atoms with Gasteiger partial charge >= 0.3 is 0 Å². The van der Waals surface area contributed by atoms with Gasteiger partial charge in [-0.1, -0.05) is 72.8 Å². The van der Waals surface area contributed by atoms with Crippen LogP contribution in [0.4, 0.5) is 0 Å². The van der Waals surface area contributed by atoms with E-state index in [-0.39, 0.29) is 13.2 Å². The molecule has 0 aliphatic heterocycles. The highest BCUT2D eigenvalue weighted by Crippen LogP contribution is 2.71. The Balaban J connectivity index is 2.01. The van der Waals surface area contributed by atoms with E-state index in [1.807, 2.05) is 0 Å². The minimum absolute atomic E-state index is 0.139. The molecule has 33 heavy (non-hydrogen) atoms. The molecule has 4 aromatic carbocycles. The Hall–Kier alpha value is -2.34. The summed E-state index contributed by atoms with van der Waals surface area (Å²) in [7, 11) is -3.99. The first-order chi connectivity index (χ1) is 16.2. The average molecular weight is 475 g/mol. The fraction of sp³-hybridized carbons (Fsp3) is 0.172. The van der Waals surface area contributed by atoms with E-state index in [4.69, 9.17) is 0 Å². The highest BCUT2D eigenvalue weighted by Gasteiger charge is 2.56. The minimum Gasteiger partial charge on any atom is -0.393 e. The van der Waals surface area contributed by atoms with E-state index in [1.165, 1.54) is 21.2 Å². The molecule has 4 aromatic rings. The van der Waals surface area contributed by atoms with Gasteiger partial charge in [-0.2, -0.15) is 0 Å². The van der Waals surface area contributed by atoms with Crippen LogP contribution in [0.2, 0.25) is 0 Å². The quantitative estimate of drug-likeness (QED) is 0.337. The normalized spacial score (nSPS) is 11.9. The average Bonchev–Trinajstić information content (AvgIpc) is 2.90. The second-order valence-corrected chi connectivity index (χ2v) is 16.3. The van der Waals surface area contributed by atoms with Crippen LogP contribution in [0.5, 0.6) is 0 Å². The van der Waals surface area contributed by atoms with Gasteiger partial charge in [0, 0.05) is 0 Å². The van der Waals surface area contributed by atoms with Crippen molar-refractivity contribution >= 4 is 35.7 Å². The Labute approximate surface area is 198 Å². The van der Waals surface area contributed by atoms with E-state index in [0.717, 1.165) is 18.2 Å². The lowest BCUT2D eigenvalue weighted by Gasteiger charge is -2.34. The molecule has 0 spiro atoms. The summed E-state index contributed by atoms with van der Waals surface area (Å²) in [4.78, 5) is 0. The van der Waals surface area contributed by atoms with Crippen molar-refractivity contribution in [2.75, 3.05) is 31.4 Å². The third-order valence-electron chi connectivity index (χ3n) is 6.45. The van der Waals surface area contributed by atoms with E-state index in [0.29, 0.717) is 0 Å². The Morgan fingerprint density at radius 3 is 0.848 bits per heavy atom. The summed E-state index contributed by atoms with van der Waals surface area (Å²) in [5, 5.41) is 26.0. The van der Waals surface area contributed by atoms with Gasteiger partial charge < -0.3 is 10.2 Å². The second-order valence-electron chi connectivity index (χ2n) is 8.31. The number of hydrogen-bond acceptors (Lipinski definition) is 2. The fourth-order valence-electron chi connectivity index (χ4n) is 4.89. The molecule has 0 saturated heterocycles. The summed E-state index contributed by atoms with van der Waals surface area (Å²) in [6.45, 7) is 0.278. The number of aliphatic hydroxyl groups excluding tert-OH is 2. The van der Waals surface area contributed by atoms with Crippen LogP contribution < -0.4 is 21.2 Å². The standard InChI is InChI=1S/C29H32O2P2/c30-21-23-32(26-13-5-1-6-14-26,27-15-7-2-8-16-27)25-33(24-22-31,28-17-9-3-10-18-28)29-19-11-4-12-20-29/h1-20,30-31H,21-25H2/q+2. The molecule has 0 aliphatic carbocycles. The molecule has 0 radical (unpaired) electrons. The van der Waals surface area contributed by atoms with Crippen molar-refractivity contribution < 1.29 is 10.2 Å². The fourth-order valence-corrected chi connectivity index (χ4v) is 17.2. The molecule has 0 amide bonds. The molecule has 0 unspecified atom stereocenters. The molecular formula is C29H32O2P2+2. The zero-order valence-electron chi connectivity index (χ0n) is 18.9. The smallest absolute Gasteiger partial charge is 0.179 e. The lowest BCUT2D eigenvalue weighted by Crippen LogP contribution is -2.36. The molecule has 4 rings (SSSR count). The van der Waals surface area contributed by atoms with Gasteiger partial charge in [-0.15, -0.1) is 0 Å². The molecule has 0 fully saturated rings. The van der Waals surface area contributed by atoms with Crippen LogP contribution in [0.15, 0.2) is 121 Å². The Morgan fingerprint density at radius 2 is 0.636 bits per heavy atom. The van der Waals surface area contributed by atoms with Gasteiger partial charge in [-0.3, -0.25) is 0 Å². The van der Waals surface area contributed by atoms with Crippen molar-refractivity contribution in [1.82, 2.24) is 0 Å². The lowest BCUT2D eigenvalue weighted by atomic mass is 10.4. The van der Waals surface area contributed by atoms with Crippen molar-refractivity contribution in [1.29, 1.82) is 0 Å². The first-order valence-electron chi connectivity index (χ1n) is 11.4. The van der Waals surface area contributed by atoms with E-state index in [1.54, 1.807) is 0 Å². The molecule has 0 aliphatic rings. The SMILES string of the molecule is OCC[P+](C[P+](CCO)(c1ccccc1)c1ccccc1)(c1ccccc1)c1ccccc1. The maximum Gasteiger partial charge on any atom is 0.179 e. The second kappa shape index (κ2) is 11.2. The molecule has 0 saturated carbocycles. The van der Waals surface area contributed by atoms with Gasteiger partial charge in [0.15, 0.2) is 5.90 Å². The number of rotatable bonds is 10. The predicted molar refractivity (Wildman–Crippen MR) is 147 cm³/mol. The van der Waals surface area contributed by atoms with Gasteiger partial charge in [0.2, 0.25) is 0 Å². The number of benzene rings is 4. The Kier molecular flexibility index (Phi) is 8.07. The van der Waals surface area contributed by atoms with E-state index >= 15 is 0 Å². The maximum atomic E-state index is 10.4. The molecule has 2 N–H and O–H groups in total. The maximum absolute atomic E-state index is 10.4. The van der Waals surface area contributed by atoms with Gasteiger partial charge in [-0.05, 0) is 48.5 Å². The van der Waals surface area contributed by atoms with Crippen molar-refractivity contribution in [3.05, 3.63) is 121 Å². The monoisotopic (exact) mass is 474 g/mol. The van der Waals surface area contributed by atoms with Crippen molar-refractivity contribution in [2.45, 2.75) is 0 Å². The van der Waals surface area contributed by atoms with Crippen molar-refractivity contribution in [3.8, 4) is 0 Å². The Bertz CT molecular complexity index is 933. The van der Waals surface area contributed by atoms with Crippen molar-refractivity contribution in [3.63, 3.8) is 0 Å². The summed E-state index contributed by atoms with van der Waals surface area (Å²) < 4.78 is 0. The first-order valence-corrected chi connectivity index (χ1v) is 15.8. The van der Waals surface area contributed by atoms with Gasteiger partial charge in [0.1, 0.15) is 35.7 Å². The molecule has 0 heterocycles. The summed E-state index contributed by atoms with van der Waals surface area (Å²) in [5.41, 5.74) is 0. The van der Waals surface area contributed by atoms with Gasteiger partial charge in [0.05, 0.1) is 25.5 Å². The zero-order chi connectivity index (χ0) is 23.0. The molecule has 0 atom stereocenters. The zero-order valence-corrected chi connectivity index (χ0v) is 20.7. The first kappa shape index (κ1) is 23.8. The molecule has 4 heteroatoms. The van der Waals surface area contributed by atoms with Crippen LogP contribution in [0.1, 0.15) is 0 Å². The van der Waals surface area contributed by atoms with Crippen LogP contribution in [0.25, 0.3) is 0 Å². The third-order valence-corrected chi connectivity index (χ3v) is 17.4. The highest BCUT2D eigenvalue weighted by molar-refractivity contribution is 8.04. The largest absolute Gasteiger partial charge is 0.393 e. The summed E-state index contributed by atoms with van der Waals surface area (Å²) in [6, 6.07) is 43.0. The third kappa shape index (κ3) is 4.96. The summed E-state index contributed by atoms with van der Waals surface area (Å²) in [6.07, 6.45) is 1.46. The summed E-state index contributed by atoms with van der Waals surface area (Å²) in [5.74, 6) is 0.948. The van der Waals surface area contributed by atoms with Gasteiger partial charge in [0.25, 0.3) is 0 Å². The predicted octanol–water partition coefficient (Wildman–Crippen LogP) is 4.27. The van der Waals surface area contributed by atoms with Crippen LogP contribution in [0.3, 0.4) is 0 Å². The Morgan fingerprint density at radius 1 is 0.394 bits per heavy atom. The molecule has 0 bridgehead atoms. The van der Waals surface area contributed by atoms with E-state index in [9.17, 15) is 10.2 Å². The van der Waals surface area contributed by atoms with Gasteiger partial charge in [-0.25, -0.2) is 0 Å². The van der Waals surface area contributed by atoms with E-state index in [2.05, 4.69) is 121 Å². The lowest BCUT2D eigenvalue weighted by molar-refractivity contribution is 0.321. The van der Waals surface area contributed by atoms with Crippen LogP contribution in [-0.4, -0.2) is 41.7 Å². The molecule has 168 valence electrons. The highest BCUT2D eigenvalue weighted by atomic mass is 31.2. The molecular weight excluding hydrogens is 442 g/mol. The van der Waals surface area contributed by atoms with Crippen LogP contribution in [-0.2, 0) is 0 Å². The minimum atomic E-state index is -1.99. The van der Waals surface area contributed by atoms with Crippen molar-refractivity contribution in [2.24, 2.45) is 0 Å². The topological polar surface area (TPSA) is 40.5 Å². The molecule has 0 aromatic heterocycles. The molecule has 2 nitrogen and oxygen atoms in total.